The van der Waals surface area contributed by atoms with Gasteiger partial charge < -0.3 is 5.73 Å². The van der Waals surface area contributed by atoms with E-state index >= 15 is 0 Å². The predicted molar refractivity (Wildman–Crippen MR) is 122 cm³/mol. The van der Waals surface area contributed by atoms with Crippen LogP contribution in [0.3, 0.4) is 0 Å². The number of quaternary nitrogens is 1. The molecule has 0 radical (unpaired) electrons. The summed E-state index contributed by atoms with van der Waals surface area (Å²) in [5.74, 6) is 0.418. The number of amidine groups is 2. The van der Waals surface area contributed by atoms with Crippen molar-refractivity contribution in [2.45, 2.75) is 13.0 Å². The van der Waals surface area contributed by atoms with E-state index in [1.165, 1.54) is 16.7 Å². The Bertz CT molecular complexity index is 1340. The molecule has 156 valence electrons. The predicted octanol–water partition coefficient (Wildman–Crippen LogP) is 2.68. The number of halogens is 2. The van der Waals surface area contributed by atoms with E-state index in [-0.39, 0.29) is 5.56 Å². The molecule has 4 rings (SSSR count). The van der Waals surface area contributed by atoms with Gasteiger partial charge in [-0.3, -0.25) is 19.7 Å². The third kappa shape index (κ3) is 4.03. The Morgan fingerprint density at radius 3 is 2.81 bits per heavy atom. The molecule has 0 saturated heterocycles. The maximum atomic E-state index is 14.0. The second kappa shape index (κ2) is 8.63. The monoisotopic (exact) mass is 437 g/mol. The van der Waals surface area contributed by atoms with E-state index < -0.39 is 11.9 Å². The van der Waals surface area contributed by atoms with E-state index in [9.17, 15) is 9.18 Å². The van der Waals surface area contributed by atoms with Gasteiger partial charge in [-0.15, -0.1) is 0 Å². The van der Waals surface area contributed by atoms with E-state index in [2.05, 4.69) is 15.0 Å². The Kier molecular flexibility index (Phi) is 5.75. The van der Waals surface area contributed by atoms with E-state index in [1.54, 1.807) is 48.0 Å². The van der Waals surface area contributed by atoms with Crippen LogP contribution in [0.25, 0.3) is 16.5 Å². The summed E-state index contributed by atoms with van der Waals surface area (Å²) >= 11 is 6.32. The first-order valence-corrected chi connectivity index (χ1v) is 9.87. The van der Waals surface area contributed by atoms with Gasteiger partial charge in [0.15, 0.2) is 0 Å². The maximum absolute atomic E-state index is 14.0. The highest BCUT2D eigenvalue weighted by molar-refractivity contribution is 6.38. The van der Waals surface area contributed by atoms with Gasteiger partial charge in [0, 0.05) is 0 Å². The number of aromatic nitrogens is 1. The summed E-state index contributed by atoms with van der Waals surface area (Å²) in [6.07, 6.45) is 4.53. The third-order valence-corrected chi connectivity index (χ3v) is 5.13. The number of fused-ring (bicyclic) bond motifs is 1. The first-order valence-electron chi connectivity index (χ1n) is 9.50. The number of rotatable bonds is 4. The highest BCUT2D eigenvalue weighted by Gasteiger charge is 2.21. The molecule has 3 aromatic rings. The quantitative estimate of drug-likeness (QED) is 0.484. The molecule has 0 amide bonds. The van der Waals surface area contributed by atoms with E-state index in [0.717, 1.165) is 6.34 Å². The number of benzene rings is 2. The Balaban J connectivity index is 1.97. The first kappa shape index (κ1) is 20.6. The molecule has 7 nitrogen and oxygen atoms in total. The zero-order valence-electron chi connectivity index (χ0n) is 16.5. The van der Waals surface area contributed by atoms with Crippen LogP contribution in [0, 0.1) is 5.82 Å². The molecule has 0 unspecified atom stereocenters. The van der Waals surface area contributed by atoms with Crippen molar-refractivity contribution in [1.29, 1.82) is 0 Å². The average Bonchev–Trinajstić information content (AvgIpc) is 3.28. The fraction of sp³-hybridized carbons (Fsp3) is 0.0909. The second-order valence-corrected chi connectivity index (χ2v) is 7.23. The smallest absolute Gasteiger partial charge is 0.274 e. The van der Waals surface area contributed by atoms with Crippen molar-refractivity contribution in [2.75, 3.05) is 0 Å². The molecule has 0 aliphatic carbocycles. The maximum Gasteiger partial charge on any atom is 0.274 e. The summed E-state index contributed by atoms with van der Waals surface area (Å²) in [6, 6.07) is 12.3. The molecule has 2 heterocycles. The van der Waals surface area contributed by atoms with Gasteiger partial charge in [-0.1, -0.05) is 29.8 Å². The highest BCUT2D eigenvalue weighted by Crippen LogP contribution is 2.27. The summed E-state index contributed by atoms with van der Waals surface area (Å²) in [4.78, 5) is 26.5. The molecule has 0 bridgehead atoms. The zero-order valence-corrected chi connectivity index (χ0v) is 17.3. The lowest BCUT2D eigenvalue weighted by atomic mass is 10.1. The lowest BCUT2D eigenvalue weighted by Gasteiger charge is -2.18. The molecule has 1 atom stereocenters. The standard InChI is InChI=1S/C22H18ClFN6O/c1-13(29-21(28-12-25)20-26-8-9-27-20)18-10-14-4-2-7-17(23)19(14)22(31)30(18)16-6-3-5-15(24)11-16/h2-13H,1H3,(H,26,27)(H2,25,28,29)/p+1/t13-/m0/s1. The van der Waals surface area contributed by atoms with Gasteiger partial charge in [-0.05, 0) is 42.6 Å². The van der Waals surface area contributed by atoms with Gasteiger partial charge >= 0.3 is 0 Å². The summed E-state index contributed by atoms with van der Waals surface area (Å²) in [7, 11) is 0. The van der Waals surface area contributed by atoms with Gasteiger partial charge in [-0.25, -0.2) is 9.38 Å². The molecule has 1 aliphatic rings. The summed E-state index contributed by atoms with van der Waals surface area (Å²) in [5, 5.41) is 3.10. The molecule has 1 aliphatic heterocycles. The van der Waals surface area contributed by atoms with Gasteiger partial charge in [0.2, 0.25) is 5.84 Å². The van der Waals surface area contributed by atoms with E-state index in [1.807, 2.05) is 13.0 Å². The highest BCUT2D eigenvalue weighted by atomic mass is 35.5. The number of hydrogen-bond acceptors (Lipinski definition) is 3. The van der Waals surface area contributed by atoms with Crippen LogP contribution in [0.4, 0.5) is 4.39 Å². The van der Waals surface area contributed by atoms with Crippen LogP contribution in [-0.2, 0) is 0 Å². The molecular formula is C22H19ClFN6O+. The minimum absolute atomic E-state index is 0.324. The number of aliphatic imine (C=N–C) groups is 3. The molecule has 2 aromatic carbocycles. The number of hydrogen-bond donors (Lipinski definition) is 2. The fourth-order valence-corrected chi connectivity index (χ4v) is 3.71. The van der Waals surface area contributed by atoms with Gasteiger partial charge in [-0.2, -0.15) is 4.99 Å². The van der Waals surface area contributed by atoms with Gasteiger partial charge in [0.1, 0.15) is 12.0 Å². The van der Waals surface area contributed by atoms with Crippen LogP contribution in [-0.4, -0.2) is 22.6 Å². The Morgan fingerprint density at radius 2 is 2.10 bits per heavy atom. The molecule has 31 heavy (non-hydrogen) atoms. The third-order valence-electron chi connectivity index (χ3n) is 4.81. The Hall–Kier alpha value is -3.62. The fourth-order valence-electron chi connectivity index (χ4n) is 3.45. The van der Waals surface area contributed by atoms with Crippen LogP contribution in [0.15, 0.2) is 80.7 Å². The number of pyridine rings is 1. The van der Waals surface area contributed by atoms with Crippen molar-refractivity contribution in [2.24, 2.45) is 20.7 Å². The minimum Gasteiger partial charge on any atom is -0.390 e. The van der Waals surface area contributed by atoms with Crippen molar-refractivity contribution in [3.8, 4) is 5.69 Å². The van der Waals surface area contributed by atoms with Crippen LogP contribution >= 0.6 is 11.6 Å². The summed E-state index contributed by atoms with van der Waals surface area (Å²) in [5.41, 5.74) is 6.05. The summed E-state index contributed by atoms with van der Waals surface area (Å²) in [6.45, 7) is 1.82. The van der Waals surface area contributed by atoms with E-state index in [4.69, 9.17) is 17.3 Å². The van der Waals surface area contributed by atoms with E-state index in [0.29, 0.717) is 38.8 Å². The second-order valence-electron chi connectivity index (χ2n) is 6.82. The molecule has 9 heteroatoms. The number of nitrogens with two attached hydrogens (primary N) is 2. The number of nitrogens with zero attached hydrogens (tertiary/aromatic N) is 4. The van der Waals surface area contributed by atoms with Crippen molar-refractivity contribution in [3.05, 3.63) is 87.8 Å². The van der Waals surface area contributed by atoms with Crippen molar-refractivity contribution in [3.63, 3.8) is 0 Å². The van der Waals surface area contributed by atoms with Gasteiger partial charge in [0.05, 0.1) is 40.4 Å². The molecule has 0 fully saturated rings. The SMILES string of the molecule is C[C@H](N=C(N=CN)C1=NC=C[NH2+]1)c1cc2cccc(Cl)c2c(=O)n1-c1cccc(F)c1. The lowest BCUT2D eigenvalue weighted by molar-refractivity contribution is -0.453. The first-order chi connectivity index (χ1) is 15.0. The van der Waals surface area contributed by atoms with Crippen molar-refractivity contribution >= 4 is 40.4 Å². The summed E-state index contributed by atoms with van der Waals surface area (Å²) < 4.78 is 15.4. The molecule has 4 N–H and O–H groups in total. The largest absolute Gasteiger partial charge is 0.390 e. The van der Waals surface area contributed by atoms with Crippen molar-refractivity contribution < 1.29 is 9.71 Å². The average molecular weight is 438 g/mol. The van der Waals surface area contributed by atoms with Crippen LogP contribution < -0.4 is 16.6 Å². The lowest BCUT2D eigenvalue weighted by Crippen LogP contribution is -2.82. The van der Waals surface area contributed by atoms with Gasteiger partial charge in [0.25, 0.3) is 11.4 Å². The normalized spacial score (nSPS) is 15.1. The van der Waals surface area contributed by atoms with Crippen LogP contribution in [0.1, 0.15) is 18.7 Å². The topological polar surface area (TPSA) is 102 Å². The minimum atomic E-state index is -0.533. The molecule has 0 spiro atoms. The zero-order chi connectivity index (χ0) is 22.0. The molecule has 0 saturated carbocycles. The Labute approximate surface area is 182 Å². The van der Waals surface area contributed by atoms with Crippen LogP contribution in [0.2, 0.25) is 5.02 Å². The Morgan fingerprint density at radius 1 is 1.29 bits per heavy atom. The van der Waals surface area contributed by atoms with Crippen molar-refractivity contribution in [1.82, 2.24) is 4.57 Å². The molecular weight excluding hydrogens is 419 g/mol. The van der Waals surface area contributed by atoms with Crippen LogP contribution in [0.5, 0.6) is 0 Å². The molecule has 1 aromatic heterocycles.